The van der Waals surface area contributed by atoms with Crippen molar-refractivity contribution in [1.29, 1.82) is 0 Å². The highest BCUT2D eigenvalue weighted by Crippen LogP contribution is 2.44. The summed E-state index contributed by atoms with van der Waals surface area (Å²) in [4.78, 5) is 29.1. The summed E-state index contributed by atoms with van der Waals surface area (Å²) in [5.41, 5.74) is 3.01. The lowest BCUT2D eigenvalue weighted by molar-refractivity contribution is -0.132. The highest BCUT2D eigenvalue weighted by molar-refractivity contribution is 7.10. The minimum Gasteiger partial charge on any atom is -0.507 e. The smallest absolute Gasteiger partial charge is 0.300 e. The number of hydrogen-bond donors (Lipinski definition) is 1. The van der Waals surface area contributed by atoms with Crippen LogP contribution in [0.3, 0.4) is 0 Å². The average Bonchev–Trinajstić information content (AvgIpc) is 3.58. The monoisotopic (exact) mass is 539 g/mol. The molecule has 1 unspecified atom stereocenters. The Bertz CT molecular complexity index is 1510. The van der Waals surface area contributed by atoms with Crippen LogP contribution in [0.5, 0.6) is 11.5 Å². The van der Waals surface area contributed by atoms with Crippen LogP contribution in [0.4, 0.5) is 5.69 Å². The van der Waals surface area contributed by atoms with Crippen LogP contribution in [0, 0.1) is 0 Å². The second kappa shape index (κ2) is 11.2. The number of aliphatic hydroxyl groups excluding tert-OH is 1. The van der Waals surface area contributed by atoms with E-state index >= 15 is 0 Å². The van der Waals surface area contributed by atoms with E-state index < -0.39 is 17.7 Å². The first-order valence-electron chi connectivity index (χ1n) is 12.7. The second-order valence-electron chi connectivity index (χ2n) is 9.56. The van der Waals surface area contributed by atoms with E-state index in [4.69, 9.17) is 9.47 Å². The summed E-state index contributed by atoms with van der Waals surface area (Å²) in [6, 6.07) is 25.2. The summed E-state index contributed by atoms with van der Waals surface area (Å²) in [6.07, 6.45) is 0. The van der Waals surface area contributed by atoms with E-state index in [1.807, 2.05) is 67.8 Å². The molecule has 1 saturated heterocycles. The minimum absolute atomic E-state index is 0.0618. The summed E-state index contributed by atoms with van der Waals surface area (Å²) < 4.78 is 11.4. The van der Waals surface area contributed by atoms with Crippen LogP contribution in [0.15, 0.2) is 95.9 Å². The van der Waals surface area contributed by atoms with Gasteiger partial charge in [0.2, 0.25) is 0 Å². The molecule has 5 rings (SSSR count). The van der Waals surface area contributed by atoms with Gasteiger partial charge in [-0.1, -0.05) is 50.2 Å². The van der Waals surface area contributed by atoms with Crippen LogP contribution >= 0.6 is 11.3 Å². The van der Waals surface area contributed by atoms with Crippen LogP contribution in [-0.2, 0) is 16.2 Å². The SMILES string of the molecule is COc1ccc(/C(O)=C2/C(=O)C(=O)N(c3ccc(OCc4ccccc4)cc3)C2c2cccs2)cc1C(C)C. The van der Waals surface area contributed by atoms with Crippen molar-refractivity contribution in [3.05, 3.63) is 117 Å². The molecular weight excluding hydrogens is 510 g/mol. The summed E-state index contributed by atoms with van der Waals surface area (Å²) in [7, 11) is 1.60. The zero-order chi connectivity index (χ0) is 27.5. The Morgan fingerprint density at radius 3 is 2.36 bits per heavy atom. The number of carbonyl (C=O) groups is 2. The third-order valence-electron chi connectivity index (χ3n) is 6.75. The van der Waals surface area contributed by atoms with Crippen molar-refractivity contribution < 1.29 is 24.2 Å². The molecule has 1 atom stereocenters. The molecule has 1 aromatic heterocycles. The standard InChI is InChI=1S/C32H29NO5S/c1-20(2)25-18-22(11-16-26(25)37-3)30(34)28-29(27-10-7-17-39-27)33(32(36)31(28)35)23-12-14-24(15-13-23)38-19-21-8-5-4-6-9-21/h4-18,20,29,34H,19H2,1-3H3/b30-28-. The van der Waals surface area contributed by atoms with E-state index in [-0.39, 0.29) is 17.3 Å². The molecule has 198 valence electrons. The lowest BCUT2D eigenvalue weighted by Gasteiger charge is -2.24. The molecule has 1 fully saturated rings. The van der Waals surface area contributed by atoms with Crippen molar-refractivity contribution in [2.45, 2.75) is 32.4 Å². The molecule has 0 bridgehead atoms. The van der Waals surface area contributed by atoms with E-state index in [9.17, 15) is 14.7 Å². The van der Waals surface area contributed by atoms with Crippen molar-refractivity contribution in [1.82, 2.24) is 0 Å². The molecule has 0 spiro atoms. The number of hydrogen-bond acceptors (Lipinski definition) is 6. The molecule has 4 aromatic rings. The van der Waals surface area contributed by atoms with Gasteiger partial charge >= 0.3 is 0 Å². The number of amides is 1. The van der Waals surface area contributed by atoms with E-state index in [2.05, 4.69) is 0 Å². The topological polar surface area (TPSA) is 76.1 Å². The van der Waals surface area contributed by atoms with Gasteiger partial charge in [0.15, 0.2) is 0 Å². The molecule has 1 aliphatic heterocycles. The first-order chi connectivity index (χ1) is 18.9. The van der Waals surface area contributed by atoms with Crippen molar-refractivity contribution in [3.8, 4) is 11.5 Å². The van der Waals surface area contributed by atoms with E-state index in [0.29, 0.717) is 29.4 Å². The van der Waals surface area contributed by atoms with Gasteiger partial charge in [-0.3, -0.25) is 14.5 Å². The summed E-state index contributed by atoms with van der Waals surface area (Å²) in [5, 5.41) is 13.3. The predicted molar refractivity (Wildman–Crippen MR) is 153 cm³/mol. The molecule has 39 heavy (non-hydrogen) atoms. The molecule has 2 heterocycles. The van der Waals surface area contributed by atoms with Crippen LogP contribution < -0.4 is 14.4 Å². The molecule has 1 N–H and O–H groups in total. The van der Waals surface area contributed by atoms with Gasteiger partial charge in [0.25, 0.3) is 11.7 Å². The Balaban J connectivity index is 1.52. The van der Waals surface area contributed by atoms with Crippen molar-refractivity contribution in [2.24, 2.45) is 0 Å². The minimum atomic E-state index is -0.759. The molecule has 1 aliphatic rings. The zero-order valence-corrected chi connectivity index (χ0v) is 22.8. The number of nitrogens with zero attached hydrogens (tertiary/aromatic N) is 1. The Kier molecular flexibility index (Phi) is 7.52. The first-order valence-corrected chi connectivity index (χ1v) is 13.6. The third-order valence-corrected chi connectivity index (χ3v) is 7.67. The van der Waals surface area contributed by atoms with Gasteiger partial charge in [-0.15, -0.1) is 11.3 Å². The number of carbonyl (C=O) groups excluding carboxylic acids is 2. The van der Waals surface area contributed by atoms with Crippen molar-refractivity contribution in [3.63, 3.8) is 0 Å². The second-order valence-corrected chi connectivity index (χ2v) is 10.5. The van der Waals surface area contributed by atoms with Gasteiger partial charge in [-0.2, -0.15) is 0 Å². The quantitative estimate of drug-likeness (QED) is 0.147. The van der Waals surface area contributed by atoms with Gasteiger partial charge in [-0.05, 0) is 71.0 Å². The largest absolute Gasteiger partial charge is 0.507 e. The maximum absolute atomic E-state index is 13.4. The normalized spacial score (nSPS) is 16.6. The van der Waals surface area contributed by atoms with Crippen molar-refractivity contribution >= 4 is 34.5 Å². The predicted octanol–water partition coefficient (Wildman–Crippen LogP) is 7.09. The number of anilines is 1. The summed E-state index contributed by atoms with van der Waals surface area (Å²) in [5.74, 6) is -0.146. The van der Waals surface area contributed by atoms with E-state index in [1.165, 1.54) is 16.2 Å². The first kappa shape index (κ1) is 26.3. The third kappa shape index (κ3) is 5.18. The molecule has 3 aromatic carbocycles. The van der Waals surface area contributed by atoms with Gasteiger partial charge in [0, 0.05) is 16.1 Å². The molecule has 7 heteroatoms. The molecule has 6 nitrogen and oxygen atoms in total. The Morgan fingerprint density at radius 1 is 0.974 bits per heavy atom. The Morgan fingerprint density at radius 2 is 1.72 bits per heavy atom. The summed E-state index contributed by atoms with van der Waals surface area (Å²) in [6.45, 7) is 4.47. The van der Waals surface area contributed by atoms with Gasteiger partial charge < -0.3 is 14.6 Å². The number of Topliss-reactive ketones (excluding diaryl/α,β-unsaturated/α-hetero) is 1. The number of thiophene rings is 1. The Labute approximate surface area is 231 Å². The number of aliphatic hydroxyl groups is 1. The van der Waals surface area contributed by atoms with Crippen LogP contribution in [0.2, 0.25) is 0 Å². The number of methoxy groups -OCH3 is 1. The Hall–Kier alpha value is -4.36. The maximum atomic E-state index is 13.4. The number of rotatable bonds is 8. The van der Waals surface area contributed by atoms with Crippen LogP contribution in [-0.4, -0.2) is 23.9 Å². The maximum Gasteiger partial charge on any atom is 0.300 e. The number of benzene rings is 3. The highest BCUT2D eigenvalue weighted by atomic mass is 32.1. The molecule has 0 aliphatic carbocycles. The molecule has 0 saturated carbocycles. The lowest BCUT2D eigenvalue weighted by atomic mass is 9.95. The average molecular weight is 540 g/mol. The fourth-order valence-electron chi connectivity index (χ4n) is 4.75. The fourth-order valence-corrected chi connectivity index (χ4v) is 5.57. The zero-order valence-electron chi connectivity index (χ0n) is 22.0. The molecule has 1 amide bonds. The van der Waals surface area contributed by atoms with E-state index in [1.54, 1.807) is 43.5 Å². The van der Waals surface area contributed by atoms with Gasteiger partial charge in [0.05, 0.1) is 12.7 Å². The summed E-state index contributed by atoms with van der Waals surface area (Å²) >= 11 is 1.43. The number of ether oxygens (including phenoxy) is 2. The molecular formula is C32H29NO5S. The highest BCUT2D eigenvalue weighted by Gasteiger charge is 2.47. The molecule has 0 radical (unpaired) electrons. The van der Waals surface area contributed by atoms with Crippen molar-refractivity contribution in [2.75, 3.05) is 12.0 Å². The van der Waals surface area contributed by atoms with Crippen LogP contribution in [0.25, 0.3) is 5.76 Å². The van der Waals surface area contributed by atoms with E-state index in [0.717, 1.165) is 16.0 Å². The van der Waals surface area contributed by atoms with Gasteiger partial charge in [0.1, 0.15) is 29.9 Å². The lowest BCUT2D eigenvalue weighted by Crippen LogP contribution is -2.29. The fraction of sp³-hybridized carbons (Fsp3) is 0.188. The van der Waals surface area contributed by atoms with Gasteiger partial charge in [-0.25, -0.2) is 0 Å². The van der Waals surface area contributed by atoms with Crippen LogP contribution in [0.1, 0.15) is 47.4 Å². The number of ketones is 1.